The van der Waals surface area contributed by atoms with Crippen LogP contribution in [0.3, 0.4) is 0 Å². The van der Waals surface area contributed by atoms with E-state index in [1.807, 2.05) is 0 Å². The lowest BCUT2D eigenvalue weighted by Gasteiger charge is -2.20. The van der Waals surface area contributed by atoms with Crippen molar-refractivity contribution in [3.8, 4) is 0 Å². The Balaban J connectivity index is 2.42. The van der Waals surface area contributed by atoms with Gasteiger partial charge in [0.1, 0.15) is 0 Å². The highest BCUT2D eigenvalue weighted by molar-refractivity contribution is 5.63. The topological polar surface area (TPSA) is 26.0 Å². The Labute approximate surface area is 92.0 Å². The van der Waals surface area contributed by atoms with Crippen LogP contribution in [0.2, 0.25) is 0 Å². The van der Waals surface area contributed by atoms with Gasteiger partial charge in [-0.1, -0.05) is 51.1 Å². The standard InChI is InChI=1S/C14H19N/c1-14(2,3)12-6-7-13-10(8-12)4-5-11(13)9-15/h4-8,11H,9,15H2,1-3H3. The number of nitrogens with two attached hydrogens (primary N) is 1. The first kappa shape index (κ1) is 10.4. The number of rotatable bonds is 1. The fourth-order valence-electron chi connectivity index (χ4n) is 2.05. The first-order chi connectivity index (χ1) is 7.02. The van der Waals surface area contributed by atoms with Crippen molar-refractivity contribution in [1.82, 2.24) is 0 Å². The van der Waals surface area contributed by atoms with Gasteiger partial charge in [-0.15, -0.1) is 0 Å². The van der Waals surface area contributed by atoms with Crippen LogP contribution in [0.15, 0.2) is 24.3 Å². The molecule has 1 atom stereocenters. The van der Waals surface area contributed by atoms with E-state index in [0.29, 0.717) is 12.5 Å². The Kier molecular flexibility index (Phi) is 2.43. The van der Waals surface area contributed by atoms with E-state index in [-0.39, 0.29) is 5.41 Å². The largest absolute Gasteiger partial charge is 0.330 e. The molecule has 0 aromatic heterocycles. The maximum Gasteiger partial charge on any atom is 0.0150 e. The van der Waals surface area contributed by atoms with Gasteiger partial charge >= 0.3 is 0 Å². The minimum absolute atomic E-state index is 0.226. The summed E-state index contributed by atoms with van der Waals surface area (Å²) >= 11 is 0. The second kappa shape index (κ2) is 3.49. The molecule has 1 aliphatic carbocycles. The number of benzene rings is 1. The summed E-state index contributed by atoms with van der Waals surface area (Å²) < 4.78 is 0. The van der Waals surface area contributed by atoms with Gasteiger partial charge in [0.2, 0.25) is 0 Å². The van der Waals surface area contributed by atoms with Crippen molar-refractivity contribution in [2.75, 3.05) is 6.54 Å². The molecular weight excluding hydrogens is 182 g/mol. The van der Waals surface area contributed by atoms with Gasteiger partial charge in [0.25, 0.3) is 0 Å². The second-order valence-electron chi connectivity index (χ2n) is 5.30. The monoisotopic (exact) mass is 201 g/mol. The molecule has 0 aliphatic heterocycles. The van der Waals surface area contributed by atoms with Gasteiger partial charge in [0.05, 0.1) is 0 Å². The number of hydrogen-bond donors (Lipinski definition) is 1. The first-order valence-corrected chi connectivity index (χ1v) is 5.55. The van der Waals surface area contributed by atoms with Crippen molar-refractivity contribution < 1.29 is 0 Å². The molecule has 1 nitrogen and oxygen atoms in total. The molecule has 0 amide bonds. The van der Waals surface area contributed by atoms with E-state index in [2.05, 4.69) is 51.1 Å². The summed E-state index contributed by atoms with van der Waals surface area (Å²) in [6.45, 7) is 7.44. The third kappa shape index (κ3) is 1.84. The predicted octanol–water partition coefficient (Wildman–Crippen LogP) is 3.05. The van der Waals surface area contributed by atoms with E-state index < -0.39 is 0 Å². The molecule has 0 saturated carbocycles. The van der Waals surface area contributed by atoms with Crippen LogP contribution in [0.5, 0.6) is 0 Å². The summed E-state index contributed by atoms with van der Waals surface area (Å²) in [4.78, 5) is 0. The third-order valence-corrected chi connectivity index (χ3v) is 3.11. The predicted molar refractivity (Wildman–Crippen MR) is 66.0 cm³/mol. The lowest BCUT2D eigenvalue weighted by molar-refractivity contribution is 0.589. The van der Waals surface area contributed by atoms with E-state index >= 15 is 0 Å². The van der Waals surface area contributed by atoms with Crippen molar-refractivity contribution in [2.45, 2.75) is 32.1 Å². The molecule has 1 heteroatoms. The molecular formula is C14H19N. The molecule has 0 radical (unpaired) electrons. The minimum atomic E-state index is 0.226. The van der Waals surface area contributed by atoms with Crippen molar-refractivity contribution in [2.24, 2.45) is 5.73 Å². The van der Waals surface area contributed by atoms with Gasteiger partial charge in [-0.3, -0.25) is 0 Å². The van der Waals surface area contributed by atoms with Crippen LogP contribution in [0.4, 0.5) is 0 Å². The molecule has 80 valence electrons. The lowest BCUT2D eigenvalue weighted by Crippen LogP contribution is -2.12. The molecule has 0 heterocycles. The Morgan fingerprint density at radius 2 is 2.00 bits per heavy atom. The molecule has 1 aliphatic rings. The fourth-order valence-corrected chi connectivity index (χ4v) is 2.05. The maximum absolute atomic E-state index is 5.72. The second-order valence-corrected chi connectivity index (χ2v) is 5.30. The lowest BCUT2D eigenvalue weighted by atomic mass is 9.85. The summed E-state index contributed by atoms with van der Waals surface area (Å²) in [5.41, 5.74) is 10.1. The smallest absolute Gasteiger partial charge is 0.0150 e. The van der Waals surface area contributed by atoms with E-state index in [0.717, 1.165) is 0 Å². The zero-order valence-electron chi connectivity index (χ0n) is 9.75. The zero-order valence-corrected chi connectivity index (χ0v) is 9.75. The van der Waals surface area contributed by atoms with Crippen LogP contribution in [0, 0.1) is 0 Å². The van der Waals surface area contributed by atoms with Gasteiger partial charge in [0.15, 0.2) is 0 Å². The van der Waals surface area contributed by atoms with Crippen molar-refractivity contribution in [3.63, 3.8) is 0 Å². The molecule has 1 unspecified atom stereocenters. The average molecular weight is 201 g/mol. The SMILES string of the molecule is CC(C)(C)c1ccc2c(c1)C=CC2CN. The molecule has 2 rings (SSSR count). The molecule has 15 heavy (non-hydrogen) atoms. The summed E-state index contributed by atoms with van der Waals surface area (Å²) in [6, 6.07) is 6.75. The molecule has 0 spiro atoms. The highest BCUT2D eigenvalue weighted by Gasteiger charge is 2.19. The number of hydrogen-bond acceptors (Lipinski definition) is 1. The molecule has 2 N–H and O–H groups in total. The molecule has 0 bridgehead atoms. The highest BCUT2D eigenvalue weighted by Crippen LogP contribution is 2.33. The maximum atomic E-state index is 5.72. The zero-order chi connectivity index (χ0) is 11.1. The van der Waals surface area contributed by atoms with Crippen molar-refractivity contribution in [1.29, 1.82) is 0 Å². The van der Waals surface area contributed by atoms with E-state index in [1.54, 1.807) is 0 Å². The Morgan fingerprint density at radius 1 is 1.27 bits per heavy atom. The van der Waals surface area contributed by atoms with Gasteiger partial charge in [-0.05, 0) is 22.1 Å². The first-order valence-electron chi connectivity index (χ1n) is 5.55. The summed E-state index contributed by atoms with van der Waals surface area (Å²) in [7, 11) is 0. The summed E-state index contributed by atoms with van der Waals surface area (Å²) in [6.07, 6.45) is 4.40. The molecule has 1 aromatic carbocycles. The van der Waals surface area contributed by atoms with Crippen LogP contribution >= 0.6 is 0 Å². The van der Waals surface area contributed by atoms with Crippen LogP contribution < -0.4 is 5.73 Å². The Bertz CT molecular complexity index is 396. The molecule has 0 saturated heterocycles. The van der Waals surface area contributed by atoms with E-state index in [9.17, 15) is 0 Å². The van der Waals surface area contributed by atoms with Crippen molar-refractivity contribution in [3.05, 3.63) is 41.0 Å². The summed E-state index contributed by atoms with van der Waals surface area (Å²) in [5, 5.41) is 0. The van der Waals surface area contributed by atoms with Crippen LogP contribution in [0.1, 0.15) is 43.4 Å². The Hall–Kier alpha value is -1.08. The van der Waals surface area contributed by atoms with Crippen molar-refractivity contribution >= 4 is 6.08 Å². The van der Waals surface area contributed by atoms with Gasteiger partial charge in [-0.2, -0.15) is 0 Å². The van der Waals surface area contributed by atoms with Gasteiger partial charge in [-0.25, -0.2) is 0 Å². The average Bonchev–Trinajstić information content (AvgIpc) is 2.58. The van der Waals surface area contributed by atoms with Gasteiger partial charge in [0, 0.05) is 12.5 Å². The highest BCUT2D eigenvalue weighted by atomic mass is 14.5. The fraction of sp³-hybridized carbons (Fsp3) is 0.429. The number of fused-ring (bicyclic) bond motifs is 1. The molecule has 1 aromatic rings. The normalized spacial score (nSPS) is 19.3. The van der Waals surface area contributed by atoms with Crippen LogP contribution in [0.25, 0.3) is 6.08 Å². The van der Waals surface area contributed by atoms with Gasteiger partial charge < -0.3 is 5.73 Å². The quantitative estimate of drug-likeness (QED) is 0.742. The minimum Gasteiger partial charge on any atom is -0.330 e. The Morgan fingerprint density at radius 3 is 2.60 bits per heavy atom. The van der Waals surface area contributed by atoms with Crippen LogP contribution in [-0.2, 0) is 5.41 Å². The van der Waals surface area contributed by atoms with Crippen LogP contribution in [-0.4, -0.2) is 6.54 Å². The molecule has 0 fully saturated rings. The van der Waals surface area contributed by atoms with E-state index in [4.69, 9.17) is 5.73 Å². The third-order valence-electron chi connectivity index (χ3n) is 3.11. The van der Waals surface area contributed by atoms with E-state index in [1.165, 1.54) is 16.7 Å². The summed E-state index contributed by atoms with van der Waals surface area (Å²) in [5.74, 6) is 0.425.